The highest BCUT2D eigenvalue weighted by Crippen LogP contribution is 2.28. The van der Waals surface area contributed by atoms with E-state index in [1.54, 1.807) is 0 Å². The molecule has 44 heavy (non-hydrogen) atoms. The SMILES string of the molecule is O=C(NCC(c1ccccc1)N1CCOCC1)c1ccc(OC2CCN(CC(c3ccccc3)c3ccccc3)CC2)cc1. The number of nitrogens with zero attached hydrogens (tertiary/aromatic N) is 2. The van der Waals surface area contributed by atoms with Gasteiger partial charge in [0.15, 0.2) is 0 Å². The van der Waals surface area contributed by atoms with Crippen LogP contribution < -0.4 is 10.1 Å². The van der Waals surface area contributed by atoms with E-state index in [-0.39, 0.29) is 18.1 Å². The van der Waals surface area contributed by atoms with Crippen molar-refractivity contribution >= 4 is 5.91 Å². The molecule has 2 aliphatic rings. The van der Waals surface area contributed by atoms with Crippen LogP contribution in [0, 0.1) is 0 Å². The van der Waals surface area contributed by atoms with E-state index in [1.165, 1.54) is 16.7 Å². The van der Waals surface area contributed by atoms with Crippen LogP contribution in [0.15, 0.2) is 115 Å². The highest BCUT2D eigenvalue weighted by Gasteiger charge is 2.25. The normalized spacial score (nSPS) is 17.3. The predicted molar refractivity (Wildman–Crippen MR) is 175 cm³/mol. The van der Waals surface area contributed by atoms with Crippen molar-refractivity contribution in [3.63, 3.8) is 0 Å². The number of morpholine rings is 1. The fourth-order valence-electron chi connectivity index (χ4n) is 6.43. The number of carbonyl (C=O) groups excluding carboxylic acids is 1. The number of hydrogen-bond donors (Lipinski definition) is 1. The number of hydrogen-bond acceptors (Lipinski definition) is 5. The third kappa shape index (κ3) is 7.94. The number of nitrogens with one attached hydrogen (secondary N) is 1. The molecule has 228 valence electrons. The van der Waals surface area contributed by atoms with E-state index in [1.807, 2.05) is 30.3 Å². The van der Waals surface area contributed by atoms with Crippen LogP contribution in [-0.2, 0) is 4.74 Å². The first-order chi connectivity index (χ1) is 21.7. The maximum absolute atomic E-state index is 13.1. The molecule has 0 saturated carbocycles. The van der Waals surface area contributed by atoms with E-state index in [0.29, 0.717) is 18.0 Å². The average molecular weight is 590 g/mol. The van der Waals surface area contributed by atoms with Gasteiger partial charge in [-0.2, -0.15) is 0 Å². The maximum Gasteiger partial charge on any atom is 0.251 e. The Balaban J connectivity index is 0.998. The lowest BCUT2D eigenvalue weighted by molar-refractivity contribution is 0.0162. The molecular formula is C38H43N3O3. The molecule has 1 atom stereocenters. The Kier molecular flexibility index (Phi) is 10.4. The lowest BCUT2D eigenvalue weighted by atomic mass is 9.90. The number of amides is 1. The van der Waals surface area contributed by atoms with Crippen LogP contribution in [0.1, 0.15) is 51.8 Å². The van der Waals surface area contributed by atoms with Crippen molar-refractivity contribution in [2.45, 2.75) is 30.9 Å². The van der Waals surface area contributed by atoms with E-state index in [9.17, 15) is 4.79 Å². The third-order valence-corrected chi connectivity index (χ3v) is 8.93. The summed E-state index contributed by atoms with van der Waals surface area (Å²) in [5, 5.41) is 3.17. The molecule has 2 heterocycles. The molecule has 0 radical (unpaired) electrons. The minimum Gasteiger partial charge on any atom is -0.490 e. The van der Waals surface area contributed by atoms with Crippen molar-refractivity contribution in [3.8, 4) is 5.75 Å². The van der Waals surface area contributed by atoms with Crippen LogP contribution in [-0.4, -0.2) is 74.3 Å². The van der Waals surface area contributed by atoms with Gasteiger partial charge in [0.1, 0.15) is 11.9 Å². The van der Waals surface area contributed by atoms with Crippen LogP contribution in [0.5, 0.6) is 5.75 Å². The fraction of sp³-hybridized carbons (Fsp3) is 0.342. The summed E-state index contributed by atoms with van der Waals surface area (Å²) in [5.41, 5.74) is 4.57. The van der Waals surface area contributed by atoms with Crippen LogP contribution in [0.2, 0.25) is 0 Å². The molecule has 6 nitrogen and oxygen atoms in total. The van der Waals surface area contributed by atoms with Gasteiger partial charge in [-0.3, -0.25) is 9.69 Å². The van der Waals surface area contributed by atoms with E-state index >= 15 is 0 Å². The zero-order valence-electron chi connectivity index (χ0n) is 25.4. The zero-order valence-corrected chi connectivity index (χ0v) is 25.4. The summed E-state index contributed by atoms with van der Waals surface area (Å²) in [7, 11) is 0. The number of benzene rings is 4. The summed E-state index contributed by atoms with van der Waals surface area (Å²) < 4.78 is 11.9. The second-order valence-corrected chi connectivity index (χ2v) is 11.8. The van der Waals surface area contributed by atoms with Gasteiger partial charge >= 0.3 is 0 Å². The summed E-state index contributed by atoms with van der Waals surface area (Å²) in [4.78, 5) is 18.1. The molecule has 6 rings (SSSR count). The van der Waals surface area contributed by atoms with Crippen molar-refractivity contribution in [2.75, 3.05) is 52.5 Å². The molecule has 0 bridgehead atoms. The Morgan fingerprint density at radius 2 is 1.27 bits per heavy atom. The Bertz CT molecular complexity index is 1380. The van der Waals surface area contributed by atoms with E-state index < -0.39 is 0 Å². The Hall–Kier alpha value is -3.97. The van der Waals surface area contributed by atoms with Gasteiger partial charge in [-0.1, -0.05) is 91.0 Å². The molecule has 0 spiro atoms. The van der Waals surface area contributed by atoms with E-state index in [0.717, 1.165) is 64.5 Å². The van der Waals surface area contributed by atoms with Gasteiger partial charge in [-0.05, 0) is 53.8 Å². The Morgan fingerprint density at radius 1 is 0.727 bits per heavy atom. The van der Waals surface area contributed by atoms with E-state index in [4.69, 9.17) is 9.47 Å². The first kappa shape index (κ1) is 30.1. The first-order valence-corrected chi connectivity index (χ1v) is 16.0. The molecule has 2 fully saturated rings. The minimum atomic E-state index is -0.0644. The van der Waals surface area contributed by atoms with Gasteiger partial charge in [0.05, 0.1) is 19.3 Å². The third-order valence-electron chi connectivity index (χ3n) is 8.93. The number of carbonyl (C=O) groups is 1. The second kappa shape index (κ2) is 15.2. The first-order valence-electron chi connectivity index (χ1n) is 16.0. The zero-order chi connectivity index (χ0) is 30.0. The smallest absolute Gasteiger partial charge is 0.251 e. The van der Waals surface area contributed by atoms with Crippen LogP contribution in [0.3, 0.4) is 0 Å². The summed E-state index contributed by atoms with van der Waals surface area (Å²) >= 11 is 0. The molecule has 1 unspecified atom stereocenters. The van der Waals surface area contributed by atoms with Crippen molar-refractivity contribution in [3.05, 3.63) is 138 Å². The van der Waals surface area contributed by atoms with Crippen molar-refractivity contribution in [1.29, 1.82) is 0 Å². The van der Waals surface area contributed by atoms with E-state index in [2.05, 4.69) is 100 Å². The average Bonchev–Trinajstić information content (AvgIpc) is 3.10. The van der Waals surface area contributed by atoms with Gasteiger partial charge < -0.3 is 19.7 Å². The standard InChI is InChI=1S/C38H43N3O3/c42-38(39-28-37(32-14-8-3-9-15-32)41-24-26-43-27-25-41)33-16-18-34(19-17-33)44-35-20-22-40(23-21-35)29-36(30-10-4-1-5-11-30)31-12-6-2-7-13-31/h1-19,35-37H,20-29H2,(H,39,42). The highest BCUT2D eigenvalue weighted by molar-refractivity contribution is 5.94. The topological polar surface area (TPSA) is 54.0 Å². The fourth-order valence-corrected chi connectivity index (χ4v) is 6.43. The van der Waals surface area contributed by atoms with Gasteiger partial charge in [0.2, 0.25) is 0 Å². The number of likely N-dealkylation sites (tertiary alicyclic amines) is 1. The van der Waals surface area contributed by atoms with Crippen molar-refractivity contribution < 1.29 is 14.3 Å². The summed E-state index contributed by atoms with van der Waals surface area (Å²) in [6, 6.07) is 39.8. The summed E-state index contributed by atoms with van der Waals surface area (Å²) in [6.45, 7) is 6.73. The summed E-state index contributed by atoms with van der Waals surface area (Å²) in [6.07, 6.45) is 2.15. The van der Waals surface area contributed by atoms with Crippen LogP contribution in [0.4, 0.5) is 0 Å². The molecule has 4 aromatic carbocycles. The van der Waals surface area contributed by atoms with Crippen LogP contribution >= 0.6 is 0 Å². The maximum atomic E-state index is 13.1. The lowest BCUT2D eigenvalue weighted by Gasteiger charge is -2.35. The summed E-state index contributed by atoms with van der Waals surface area (Å²) in [5.74, 6) is 1.11. The Labute approximate surface area is 261 Å². The second-order valence-electron chi connectivity index (χ2n) is 11.8. The predicted octanol–water partition coefficient (Wildman–Crippen LogP) is 6.17. The van der Waals surface area contributed by atoms with Gasteiger partial charge in [0, 0.05) is 50.7 Å². The molecule has 6 heteroatoms. The highest BCUT2D eigenvalue weighted by atomic mass is 16.5. The number of rotatable bonds is 11. The largest absolute Gasteiger partial charge is 0.490 e. The molecule has 2 aliphatic heterocycles. The lowest BCUT2D eigenvalue weighted by Crippen LogP contribution is -2.43. The van der Waals surface area contributed by atoms with Crippen molar-refractivity contribution in [1.82, 2.24) is 15.1 Å². The monoisotopic (exact) mass is 589 g/mol. The molecule has 1 amide bonds. The molecule has 0 aromatic heterocycles. The van der Waals surface area contributed by atoms with Crippen LogP contribution in [0.25, 0.3) is 0 Å². The molecule has 2 saturated heterocycles. The molecule has 0 aliphatic carbocycles. The molecule has 4 aromatic rings. The number of ether oxygens (including phenoxy) is 2. The van der Waals surface area contributed by atoms with Crippen molar-refractivity contribution in [2.24, 2.45) is 0 Å². The molecular weight excluding hydrogens is 546 g/mol. The number of piperidine rings is 1. The minimum absolute atomic E-state index is 0.0644. The molecule has 1 N–H and O–H groups in total. The Morgan fingerprint density at radius 3 is 1.84 bits per heavy atom. The van der Waals surface area contributed by atoms with Gasteiger partial charge in [0.25, 0.3) is 5.91 Å². The van der Waals surface area contributed by atoms with Gasteiger partial charge in [-0.15, -0.1) is 0 Å². The van der Waals surface area contributed by atoms with Gasteiger partial charge in [-0.25, -0.2) is 0 Å². The quantitative estimate of drug-likeness (QED) is 0.227.